The van der Waals surface area contributed by atoms with E-state index in [0.717, 1.165) is 6.08 Å². The number of aliphatic hydroxyl groups is 1. The largest absolute Gasteiger partial charge is 1.00 e. The number of carbonyl (C=O) groups is 3. The third-order valence-electron chi connectivity index (χ3n) is 2.16. The van der Waals surface area contributed by atoms with Gasteiger partial charge in [-0.15, -0.1) is 0 Å². The Morgan fingerprint density at radius 3 is 2.37 bits per heavy atom. The zero-order chi connectivity index (χ0) is 14.3. The van der Waals surface area contributed by atoms with Gasteiger partial charge in [0.15, 0.2) is 0 Å². The van der Waals surface area contributed by atoms with Crippen LogP contribution in [0.1, 0.15) is 20.3 Å². The van der Waals surface area contributed by atoms with Crippen LogP contribution in [0.15, 0.2) is 12.7 Å². The first-order valence-electron chi connectivity index (χ1n) is 5.32. The van der Waals surface area contributed by atoms with Gasteiger partial charge in [-0.25, -0.2) is 0 Å². The number of carboxylic acids is 1. The van der Waals surface area contributed by atoms with Crippen LogP contribution in [0.2, 0.25) is 0 Å². The molecule has 0 fully saturated rings. The molecule has 0 saturated heterocycles. The van der Waals surface area contributed by atoms with Crippen LogP contribution in [0.25, 0.3) is 0 Å². The zero-order valence-corrected chi connectivity index (χ0v) is 13.4. The van der Waals surface area contributed by atoms with E-state index in [4.69, 9.17) is 5.11 Å². The van der Waals surface area contributed by atoms with E-state index < -0.39 is 29.4 Å². The van der Waals surface area contributed by atoms with Gasteiger partial charge in [-0.2, -0.15) is 0 Å². The maximum Gasteiger partial charge on any atom is 1.00 e. The van der Waals surface area contributed by atoms with Gasteiger partial charge in [-0.1, -0.05) is 6.58 Å². The number of hydrogen-bond acceptors (Lipinski definition) is 5. The molecular formula is C11H17N2NaO5. The molecule has 0 spiro atoms. The van der Waals surface area contributed by atoms with Crippen molar-refractivity contribution in [3.8, 4) is 0 Å². The van der Waals surface area contributed by atoms with E-state index in [1.165, 1.54) is 13.8 Å². The molecule has 0 aromatic rings. The minimum absolute atomic E-state index is 0. The topological polar surface area (TPSA) is 119 Å². The average Bonchev–Trinajstić information content (AvgIpc) is 2.27. The number of carboxylic acid groups (broad SMARTS) is 1. The molecule has 0 aromatic carbocycles. The van der Waals surface area contributed by atoms with E-state index in [1.54, 1.807) is 0 Å². The summed E-state index contributed by atoms with van der Waals surface area (Å²) in [6, 6.07) is 0. The Labute approximate surface area is 133 Å². The molecule has 0 aliphatic rings. The molecule has 0 aromatic heterocycles. The molecule has 1 atom stereocenters. The zero-order valence-electron chi connectivity index (χ0n) is 11.4. The summed E-state index contributed by atoms with van der Waals surface area (Å²) < 4.78 is 0. The molecule has 7 nitrogen and oxygen atoms in total. The van der Waals surface area contributed by atoms with Crippen LogP contribution in [0, 0.1) is 0 Å². The van der Waals surface area contributed by atoms with Gasteiger partial charge < -0.3 is 25.6 Å². The summed E-state index contributed by atoms with van der Waals surface area (Å²) in [5.74, 6) is -2.59. The Morgan fingerprint density at radius 1 is 1.42 bits per heavy atom. The second-order valence-electron chi connectivity index (χ2n) is 4.20. The van der Waals surface area contributed by atoms with Crippen molar-refractivity contribution in [2.45, 2.75) is 31.9 Å². The van der Waals surface area contributed by atoms with Gasteiger partial charge in [0.2, 0.25) is 11.8 Å². The number of aliphatic hydroxyl groups excluding tert-OH is 1. The number of carbonyl (C=O) groups excluding carboxylic acids is 3. The summed E-state index contributed by atoms with van der Waals surface area (Å²) in [6.45, 7) is 6.19. The first-order chi connectivity index (χ1) is 8.20. The second kappa shape index (κ2) is 9.08. The molecule has 19 heavy (non-hydrogen) atoms. The summed E-state index contributed by atoms with van der Waals surface area (Å²) in [4.78, 5) is 32.9. The Hall–Kier alpha value is -0.890. The molecule has 102 valence electrons. The van der Waals surface area contributed by atoms with Crippen molar-refractivity contribution in [3.63, 3.8) is 0 Å². The van der Waals surface area contributed by atoms with Gasteiger partial charge in [-0.3, -0.25) is 9.59 Å². The summed E-state index contributed by atoms with van der Waals surface area (Å²) in [5, 5.41) is 23.9. The van der Waals surface area contributed by atoms with E-state index in [9.17, 15) is 19.5 Å². The monoisotopic (exact) mass is 280 g/mol. The summed E-state index contributed by atoms with van der Waals surface area (Å²) in [5.41, 5.74) is -1.16. The maximum atomic E-state index is 11.7. The smallest absolute Gasteiger partial charge is 0.547 e. The quantitative estimate of drug-likeness (QED) is 0.318. The van der Waals surface area contributed by atoms with Crippen molar-refractivity contribution in [3.05, 3.63) is 12.7 Å². The predicted octanol–water partition coefficient (Wildman–Crippen LogP) is -5.31. The van der Waals surface area contributed by atoms with Crippen LogP contribution in [-0.4, -0.2) is 41.1 Å². The fourth-order valence-electron chi connectivity index (χ4n) is 1.08. The molecule has 0 aliphatic carbocycles. The number of rotatable bonds is 7. The van der Waals surface area contributed by atoms with Gasteiger partial charge in [-0.05, 0) is 26.3 Å². The van der Waals surface area contributed by atoms with E-state index in [1.807, 2.05) is 0 Å². The van der Waals surface area contributed by atoms with E-state index in [2.05, 4.69) is 17.2 Å². The number of amides is 2. The summed E-state index contributed by atoms with van der Waals surface area (Å²) in [6.07, 6.45) is -0.759. The molecule has 1 unspecified atom stereocenters. The van der Waals surface area contributed by atoms with Gasteiger partial charge in [0.05, 0.1) is 12.1 Å². The number of hydrogen-bond donors (Lipinski definition) is 3. The Kier molecular flexibility index (Phi) is 9.77. The summed E-state index contributed by atoms with van der Waals surface area (Å²) in [7, 11) is 0. The van der Waals surface area contributed by atoms with Crippen LogP contribution in [0.4, 0.5) is 0 Å². The van der Waals surface area contributed by atoms with Gasteiger partial charge in [0.25, 0.3) is 0 Å². The van der Waals surface area contributed by atoms with Gasteiger partial charge in [0, 0.05) is 6.54 Å². The molecule has 8 heteroatoms. The van der Waals surface area contributed by atoms with Crippen molar-refractivity contribution in [1.29, 1.82) is 0 Å². The molecule has 3 N–H and O–H groups in total. The first kappa shape index (κ1) is 20.4. The Balaban J connectivity index is 0. The number of aliphatic carboxylic acids is 1. The third kappa shape index (κ3) is 7.99. The van der Waals surface area contributed by atoms with E-state index in [-0.39, 0.29) is 42.5 Å². The molecule has 0 bridgehead atoms. The molecule has 0 saturated carbocycles. The summed E-state index contributed by atoms with van der Waals surface area (Å²) >= 11 is 0. The Bertz CT molecular complexity index is 357. The Morgan fingerprint density at radius 2 is 1.95 bits per heavy atom. The van der Waals surface area contributed by atoms with Crippen molar-refractivity contribution >= 4 is 17.8 Å². The molecule has 0 heterocycles. The van der Waals surface area contributed by atoms with Crippen molar-refractivity contribution in [1.82, 2.24) is 10.6 Å². The molecule has 0 radical (unpaired) electrons. The van der Waals surface area contributed by atoms with Crippen LogP contribution in [0.5, 0.6) is 0 Å². The van der Waals surface area contributed by atoms with Crippen LogP contribution < -0.4 is 45.3 Å². The van der Waals surface area contributed by atoms with Crippen molar-refractivity contribution < 1.29 is 54.2 Å². The normalized spacial score (nSPS) is 11.7. The van der Waals surface area contributed by atoms with Gasteiger partial charge in [0.1, 0.15) is 5.54 Å². The van der Waals surface area contributed by atoms with Crippen molar-refractivity contribution in [2.75, 3.05) is 6.54 Å². The second-order valence-corrected chi connectivity index (χ2v) is 4.20. The SMILES string of the molecule is C=CC(=O)NC(C)(C)C(=O)NCCC(O)C(=O)[O-].[Na+]. The van der Waals surface area contributed by atoms with Gasteiger partial charge >= 0.3 is 29.6 Å². The molecule has 0 aliphatic heterocycles. The minimum Gasteiger partial charge on any atom is -0.547 e. The van der Waals surface area contributed by atoms with E-state index in [0.29, 0.717) is 0 Å². The molecule has 0 rings (SSSR count). The fourth-order valence-corrected chi connectivity index (χ4v) is 1.08. The number of nitrogens with one attached hydrogen (secondary N) is 2. The maximum absolute atomic E-state index is 11.7. The molecular weight excluding hydrogens is 263 g/mol. The van der Waals surface area contributed by atoms with Crippen molar-refractivity contribution in [2.24, 2.45) is 0 Å². The average molecular weight is 280 g/mol. The van der Waals surface area contributed by atoms with Crippen LogP contribution in [0.3, 0.4) is 0 Å². The first-order valence-corrected chi connectivity index (χ1v) is 5.32. The van der Waals surface area contributed by atoms with E-state index >= 15 is 0 Å². The third-order valence-corrected chi connectivity index (χ3v) is 2.16. The minimum atomic E-state index is -1.63. The predicted molar refractivity (Wildman–Crippen MR) is 61.1 cm³/mol. The standard InChI is InChI=1S/C11H18N2O5.Na/c1-4-8(15)13-11(2,3)10(18)12-6-5-7(14)9(16)17;/h4,7,14H,1,5-6H2,2-3H3,(H,12,18)(H,13,15)(H,16,17);/q;+1/p-1. The van der Waals surface area contributed by atoms with Crippen LogP contribution in [-0.2, 0) is 14.4 Å². The van der Waals surface area contributed by atoms with Crippen LogP contribution >= 0.6 is 0 Å². The fraction of sp³-hybridized carbons (Fsp3) is 0.545. The molecule has 2 amide bonds.